The van der Waals surface area contributed by atoms with Gasteiger partial charge in [-0.1, -0.05) is 11.6 Å². The molecule has 1 fully saturated rings. The molecule has 10 nitrogen and oxygen atoms in total. The maximum absolute atomic E-state index is 13.3. The van der Waals surface area contributed by atoms with Gasteiger partial charge in [-0.25, -0.2) is 4.98 Å². The zero-order valence-corrected chi connectivity index (χ0v) is 21.9. The second kappa shape index (κ2) is 12.0. The van der Waals surface area contributed by atoms with Crippen LogP contribution in [0.2, 0.25) is 5.02 Å². The van der Waals surface area contributed by atoms with E-state index in [4.69, 9.17) is 30.4 Å². The van der Waals surface area contributed by atoms with Crippen molar-refractivity contribution in [2.75, 3.05) is 20.3 Å². The number of aromatic nitrogens is 2. The first-order valence-electron chi connectivity index (χ1n) is 11.6. The van der Waals surface area contributed by atoms with Crippen molar-refractivity contribution in [2.24, 2.45) is 0 Å². The lowest BCUT2D eigenvalue weighted by atomic mass is 9.76. The highest BCUT2D eigenvalue weighted by atomic mass is 35.5. The van der Waals surface area contributed by atoms with E-state index in [9.17, 15) is 9.59 Å². The van der Waals surface area contributed by atoms with Gasteiger partial charge in [0.1, 0.15) is 17.5 Å². The normalized spacial score (nSPS) is 17.8. The highest BCUT2D eigenvalue weighted by molar-refractivity contribution is 6.48. The molecule has 1 aromatic carbocycles. The number of amides is 2. The molecule has 0 saturated carbocycles. The smallest absolute Gasteiger partial charge is 0.481 e. The van der Waals surface area contributed by atoms with Crippen LogP contribution in [0.15, 0.2) is 42.9 Å². The van der Waals surface area contributed by atoms with Crippen molar-refractivity contribution >= 4 is 30.5 Å². The Bertz CT molecular complexity index is 1010. The van der Waals surface area contributed by atoms with Crippen molar-refractivity contribution < 1.29 is 28.4 Å². The van der Waals surface area contributed by atoms with Crippen molar-refractivity contribution in [1.82, 2.24) is 20.6 Å². The van der Waals surface area contributed by atoms with Crippen LogP contribution in [0, 0.1) is 0 Å². The van der Waals surface area contributed by atoms with Crippen molar-refractivity contribution in [1.29, 1.82) is 0 Å². The molecular weight excluding hydrogens is 487 g/mol. The molecule has 36 heavy (non-hydrogen) atoms. The van der Waals surface area contributed by atoms with Crippen LogP contribution in [0.1, 0.15) is 44.6 Å². The predicted molar refractivity (Wildman–Crippen MR) is 135 cm³/mol. The minimum Gasteiger partial charge on any atom is -0.494 e. The Balaban J connectivity index is 1.71. The minimum absolute atomic E-state index is 0.0464. The average molecular weight is 519 g/mol. The Kier molecular flexibility index (Phi) is 9.29. The van der Waals surface area contributed by atoms with Gasteiger partial charge < -0.3 is 29.4 Å². The molecule has 12 heteroatoms. The largest absolute Gasteiger partial charge is 0.494 e. The van der Waals surface area contributed by atoms with Crippen LogP contribution in [0.5, 0.6) is 5.75 Å². The first kappa shape index (κ1) is 27.9. The number of carbonyl (C=O) groups is 2. The lowest BCUT2D eigenvalue weighted by Gasteiger charge is -2.32. The fraction of sp³-hybridized carbons (Fsp3) is 0.500. The zero-order valence-electron chi connectivity index (χ0n) is 21.1. The predicted octanol–water partition coefficient (Wildman–Crippen LogP) is 2.46. The molecule has 2 aromatic rings. The second-order valence-electron chi connectivity index (χ2n) is 9.40. The molecule has 2 amide bonds. The summed E-state index contributed by atoms with van der Waals surface area (Å²) in [5, 5.41) is 6.21. The van der Waals surface area contributed by atoms with Crippen LogP contribution in [0.3, 0.4) is 0 Å². The van der Waals surface area contributed by atoms with Crippen molar-refractivity contribution in [2.45, 2.75) is 57.3 Å². The van der Waals surface area contributed by atoms with Crippen LogP contribution >= 0.6 is 11.6 Å². The molecule has 1 unspecified atom stereocenters. The summed E-state index contributed by atoms with van der Waals surface area (Å²) in [6.07, 6.45) is 4.55. The van der Waals surface area contributed by atoms with Gasteiger partial charge in [-0.15, -0.1) is 0 Å². The molecule has 1 aromatic heterocycles. The summed E-state index contributed by atoms with van der Waals surface area (Å²) in [6.45, 7) is 7.97. The molecule has 0 spiro atoms. The van der Waals surface area contributed by atoms with Gasteiger partial charge in [-0.05, 0) is 52.0 Å². The Hall–Kier alpha value is -2.73. The van der Waals surface area contributed by atoms with Crippen LogP contribution < -0.4 is 15.4 Å². The van der Waals surface area contributed by atoms with Crippen molar-refractivity contribution in [3.63, 3.8) is 0 Å². The van der Waals surface area contributed by atoms with E-state index >= 15 is 0 Å². The topological polar surface area (TPSA) is 121 Å². The maximum Gasteiger partial charge on any atom is 0.481 e. The number of hydrogen-bond donors (Lipinski definition) is 2. The van der Waals surface area contributed by atoms with Crippen molar-refractivity contribution in [3.8, 4) is 5.75 Å². The molecule has 194 valence electrons. The van der Waals surface area contributed by atoms with Gasteiger partial charge in [0, 0.05) is 30.9 Å². The average Bonchev–Trinajstić information content (AvgIpc) is 3.06. The van der Waals surface area contributed by atoms with Gasteiger partial charge in [-0.2, -0.15) is 0 Å². The number of nitrogens with one attached hydrogen (secondary N) is 2. The quantitative estimate of drug-likeness (QED) is 0.435. The number of methoxy groups -OCH3 is 1. The molecule has 3 rings (SSSR count). The molecule has 0 aliphatic carbocycles. The zero-order chi connectivity index (χ0) is 26.3. The van der Waals surface area contributed by atoms with Gasteiger partial charge in [-0.3, -0.25) is 14.6 Å². The Morgan fingerprint density at radius 2 is 1.75 bits per heavy atom. The number of halogens is 1. The molecular formula is C24H32BClN4O6. The summed E-state index contributed by atoms with van der Waals surface area (Å²) in [7, 11) is 0.715. The van der Waals surface area contributed by atoms with E-state index in [1.807, 2.05) is 27.7 Å². The molecule has 1 aliphatic heterocycles. The molecule has 2 N–H and O–H groups in total. The number of benzene rings is 1. The molecule has 2 heterocycles. The monoisotopic (exact) mass is 518 g/mol. The van der Waals surface area contributed by atoms with E-state index in [1.54, 1.807) is 24.3 Å². The third-order valence-electron chi connectivity index (χ3n) is 6.19. The van der Waals surface area contributed by atoms with E-state index < -0.39 is 42.1 Å². The van der Waals surface area contributed by atoms with Gasteiger partial charge in [0.2, 0.25) is 5.91 Å². The van der Waals surface area contributed by atoms with Gasteiger partial charge in [0.05, 0.1) is 36.6 Å². The number of nitrogens with zero attached hydrogens (tertiary/aromatic N) is 2. The standard InChI is InChI=1S/C24H32BClN4O6/c1-23(2)24(3,4)36-25(35-23)20(10-13-34-17-8-6-16(26)7-9-17)30-22(32)19(15-33-5)29-21(31)18-14-27-11-12-28-18/h6-9,11-12,14,19-20H,10,13,15H2,1-5H3,(H,29,31)(H,30,32)/t19?,20-/m0/s1. The van der Waals surface area contributed by atoms with E-state index in [-0.39, 0.29) is 18.9 Å². The molecule has 2 atom stereocenters. The summed E-state index contributed by atoms with van der Waals surface area (Å²) < 4.78 is 23.4. The Morgan fingerprint density at radius 1 is 1.08 bits per heavy atom. The summed E-state index contributed by atoms with van der Waals surface area (Å²) in [4.78, 5) is 33.7. The highest BCUT2D eigenvalue weighted by Gasteiger charge is 2.54. The lowest BCUT2D eigenvalue weighted by Crippen LogP contribution is -2.56. The number of carbonyl (C=O) groups excluding carboxylic acids is 2. The number of rotatable bonds is 11. The summed E-state index contributed by atoms with van der Waals surface area (Å²) in [5.74, 6) is -0.927. The fourth-order valence-corrected chi connectivity index (χ4v) is 3.57. The summed E-state index contributed by atoms with van der Waals surface area (Å²) in [6, 6.07) is 6.02. The van der Waals surface area contributed by atoms with E-state index in [0.29, 0.717) is 17.2 Å². The lowest BCUT2D eigenvalue weighted by molar-refractivity contribution is -0.124. The first-order valence-corrected chi connectivity index (χ1v) is 12.0. The van der Waals surface area contributed by atoms with Crippen LogP contribution in [-0.4, -0.2) is 72.4 Å². The summed E-state index contributed by atoms with van der Waals surface area (Å²) >= 11 is 5.94. The number of ether oxygens (including phenoxy) is 2. The van der Waals surface area contributed by atoms with Gasteiger partial charge in [0.25, 0.3) is 5.91 Å². The molecule has 1 aliphatic rings. The van der Waals surface area contributed by atoms with Crippen LogP contribution in [0.4, 0.5) is 0 Å². The SMILES string of the molecule is COCC(NC(=O)c1cnccn1)C(=O)N[C@@H](CCOc1ccc(Cl)cc1)B1OC(C)(C)C(C)(C)O1. The molecule has 1 saturated heterocycles. The second-order valence-corrected chi connectivity index (χ2v) is 9.84. The maximum atomic E-state index is 13.3. The van der Waals surface area contributed by atoms with Crippen LogP contribution in [-0.2, 0) is 18.8 Å². The Labute approximate surface area is 216 Å². The van der Waals surface area contributed by atoms with E-state index in [0.717, 1.165) is 0 Å². The number of hydrogen-bond acceptors (Lipinski definition) is 8. The third kappa shape index (κ3) is 7.16. The van der Waals surface area contributed by atoms with Gasteiger partial charge >= 0.3 is 7.12 Å². The summed E-state index contributed by atoms with van der Waals surface area (Å²) in [5.41, 5.74) is -1.10. The Morgan fingerprint density at radius 3 is 2.33 bits per heavy atom. The molecule has 0 radical (unpaired) electrons. The highest BCUT2D eigenvalue weighted by Crippen LogP contribution is 2.37. The minimum atomic E-state index is -0.980. The first-order chi connectivity index (χ1) is 17.0. The fourth-order valence-electron chi connectivity index (χ4n) is 3.45. The van der Waals surface area contributed by atoms with Crippen molar-refractivity contribution in [3.05, 3.63) is 53.6 Å². The molecule has 0 bridgehead atoms. The van der Waals surface area contributed by atoms with Gasteiger partial charge in [0.15, 0.2) is 0 Å². The third-order valence-corrected chi connectivity index (χ3v) is 6.44. The van der Waals surface area contributed by atoms with E-state index in [2.05, 4.69) is 20.6 Å². The van der Waals surface area contributed by atoms with E-state index in [1.165, 1.54) is 25.7 Å². The van der Waals surface area contributed by atoms with Crippen LogP contribution in [0.25, 0.3) is 0 Å².